The lowest BCUT2D eigenvalue weighted by Gasteiger charge is -2.15. The number of aliphatic hydroxyl groups excluding tert-OH is 1. The molecule has 0 aliphatic heterocycles. The molecule has 1 rings (SSSR count). The average Bonchev–Trinajstić information content (AvgIpc) is 2.46. The van der Waals surface area contributed by atoms with E-state index in [0.29, 0.717) is 6.42 Å². The Morgan fingerprint density at radius 3 is 2.57 bits per heavy atom. The predicted molar refractivity (Wildman–Crippen MR) is 90.4 cm³/mol. The summed E-state index contributed by atoms with van der Waals surface area (Å²) in [6, 6.07) is 10.4. The Balaban J connectivity index is 2.53. The first-order chi connectivity index (χ1) is 10.2. The lowest BCUT2D eigenvalue weighted by Crippen LogP contribution is -2.09. The topological polar surface area (TPSA) is 44.0 Å². The third-order valence-corrected chi connectivity index (χ3v) is 4.80. The van der Waals surface area contributed by atoms with Gasteiger partial charge in [0.05, 0.1) is 18.6 Å². The normalized spacial score (nSPS) is 12.3. The number of nitrogens with zero attached hydrogens (tertiary/aromatic N) is 1. The van der Waals surface area contributed by atoms with Gasteiger partial charge in [0, 0.05) is 10.6 Å². The van der Waals surface area contributed by atoms with Crippen molar-refractivity contribution in [2.24, 2.45) is 5.92 Å². The Labute approximate surface area is 133 Å². The number of nitriles is 1. The van der Waals surface area contributed by atoms with E-state index in [0.717, 1.165) is 11.5 Å². The zero-order valence-electron chi connectivity index (χ0n) is 13.2. The van der Waals surface area contributed by atoms with Crippen molar-refractivity contribution in [3.63, 3.8) is 0 Å². The maximum absolute atomic E-state index is 9.72. The van der Waals surface area contributed by atoms with E-state index in [1.807, 2.05) is 30.0 Å². The molecule has 0 bridgehead atoms. The molecule has 0 aromatic heterocycles. The molecule has 0 radical (unpaired) electrons. The van der Waals surface area contributed by atoms with Crippen LogP contribution in [0.3, 0.4) is 0 Å². The summed E-state index contributed by atoms with van der Waals surface area (Å²) in [4.78, 5) is 1.27. The highest BCUT2D eigenvalue weighted by Gasteiger charge is 2.09. The molecule has 0 aliphatic carbocycles. The molecular weight excluding hydrogens is 278 g/mol. The first-order valence-corrected chi connectivity index (χ1v) is 8.94. The zero-order valence-corrected chi connectivity index (χ0v) is 14.0. The summed E-state index contributed by atoms with van der Waals surface area (Å²) >= 11 is 1.92. The van der Waals surface area contributed by atoms with Crippen LogP contribution >= 0.6 is 11.8 Å². The van der Waals surface area contributed by atoms with Gasteiger partial charge in [0.15, 0.2) is 0 Å². The van der Waals surface area contributed by atoms with Crippen LogP contribution in [0.1, 0.15) is 51.5 Å². The second-order valence-corrected chi connectivity index (χ2v) is 6.72. The second kappa shape index (κ2) is 10.7. The molecule has 0 fully saturated rings. The van der Waals surface area contributed by atoms with Crippen LogP contribution in [0.2, 0.25) is 0 Å². The number of aliphatic hydroxyl groups is 1. The monoisotopic (exact) mass is 305 g/mol. The van der Waals surface area contributed by atoms with E-state index in [4.69, 9.17) is 5.26 Å². The van der Waals surface area contributed by atoms with Gasteiger partial charge >= 0.3 is 0 Å². The number of hydrogen-bond acceptors (Lipinski definition) is 3. The summed E-state index contributed by atoms with van der Waals surface area (Å²) in [5, 5.41) is 18.3. The van der Waals surface area contributed by atoms with E-state index in [1.165, 1.54) is 36.3 Å². The Morgan fingerprint density at radius 2 is 1.95 bits per heavy atom. The van der Waals surface area contributed by atoms with Crippen molar-refractivity contribution in [1.29, 1.82) is 5.26 Å². The van der Waals surface area contributed by atoms with Gasteiger partial charge in [-0.05, 0) is 42.9 Å². The van der Waals surface area contributed by atoms with Crippen molar-refractivity contribution < 1.29 is 5.11 Å². The van der Waals surface area contributed by atoms with Crippen LogP contribution in [-0.2, 0) is 6.42 Å². The molecule has 1 atom stereocenters. The Bertz CT molecular complexity index is 435. The fourth-order valence-corrected chi connectivity index (χ4v) is 3.72. The van der Waals surface area contributed by atoms with Gasteiger partial charge in [-0.15, -0.1) is 11.8 Å². The molecule has 1 aromatic carbocycles. The summed E-state index contributed by atoms with van der Waals surface area (Å²) in [5.74, 6) is 1.98. The smallest absolute Gasteiger partial charge is 0.0710 e. The zero-order chi connectivity index (χ0) is 15.5. The van der Waals surface area contributed by atoms with Crippen LogP contribution < -0.4 is 0 Å². The quantitative estimate of drug-likeness (QED) is 0.631. The fraction of sp³-hybridized carbons (Fsp3) is 0.611. The molecule has 0 saturated heterocycles. The van der Waals surface area contributed by atoms with E-state index in [-0.39, 0.29) is 6.42 Å². The highest BCUT2D eigenvalue weighted by atomic mass is 32.2. The van der Waals surface area contributed by atoms with Gasteiger partial charge in [0.2, 0.25) is 0 Å². The van der Waals surface area contributed by atoms with Gasteiger partial charge in [-0.3, -0.25) is 0 Å². The number of hydrogen-bond donors (Lipinski definition) is 1. The van der Waals surface area contributed by atoms with Crippen LogP contribution in [0.5, 0.6) is 0 Å². The maximum Gasteiger partial charge on any atom is 0.0710 e. The van der Waals surface area contributed by atoms with Gasteiger partial charge in [0.1, 0.15) is 0 Å². The number of benzene rings is 1. The van der Waals surface area contributed by atoms with E-state index < -0.39 is 6.10 Å². The third kappa shape index (κ3) is 7.55. The molecular formula is C18H27NOS. The minimum Gasteiger partial charge on any atom is -0.392 e. The van der Waals surface area contributed by atoms with Crippen LogP contribution in [0.4, 0.5) is 0 Å². The minimum absolute atomic E-state index is 0.201. The van der Waals surface area contributed by atoms with Gasteiger partial charge in [0.25, 0.3) is 0 Å². The SMILES string of the molecule is CCCC(CCC)CSc1cccc(CC(O)CC#N)c1. The molecule has 21 heavy (non-hydrogen) atoms. The fourth-order valence-electron chi connectivity index (χ4n) is 2.55. The molecule has 0 amide bonds. The van der Waals surface area contributed by atoms with Gasteiger partial charge in [-0.25, -0.2) is 0 Å². The summed E-state index contributed by atoms with van der Waals surface area (Å²) in [5.41, 5.74) is 1.12. The van der Waals surface area contributed by atoms with Gasteiger partial charge in [-0.1, -0.05) is 38.8 Å². The van der Waals surface area contributed by atoms with Crippen molar-refractivity contribution in [3.8, 4) is 6.07 Å². The van der Waals surface area contributed by atoms with E-state index in [1.54, 1.807) is 0 Å². The van der Waals surface area contributed by atoms with Crippen LogP contribution in [-0.4, -0.2) is 17.0 Å². The molecule has 0 heterocycles. The van der Waals surface area contributed by atoms with E-state index in [9.17, 15) is 5.11 Å². The van der Waals surface area contributed by atoms with Crippen molar-refractivity contribution in [2.45, 2.75) is 63.4 Å². The van der Waals surface area contributed by atoms with Gasteiger partial charge in [-0.2, -0.15) is 5.26 Å². The Hall–Kier alpha value is -0.980. The minimum atomic E-state index is -0.553. The van der Waals surface area contributed by atoms with E-state index >= 15 is 0 Å². The number of thioether (sulfide) groups is 1. The lowest BCUT2D eigenvalue weighted by molar-refractivity contribution is 0.180. The highest BCUT2D eigenvalue weighted by Crippen LogP contribution is 2.26. The Kier molecular flexibility index (Phi) is 9.21. The summed E-state index contributed by atoms with van der Waals surface area (Å²) in [7, 11) is 0. The van der Waals surface area contributed by atoms with Crippen LogP contribution in [0, 0.1) is 17.2 Å². The molecule has 0 aliphatic rings. The second-order valence-electron chi connectivity index (χ2n) is 5.62. The molecule has 2 nitrogen and oxygen atoms in total. The first kappa shape index (κ1) is 18.1. The van der Waals surface area contributed by atoms with Crippen molar-refractivity contribution in [3.05, 3.63) is 29.8 Å². The van der Waals surface area contributed by atoms with Crippen LogP contribution in [0.25, 0.3) is 0 Å². The van der Waals surface area contributed by atoms with Crippen molar-refractivity contribution in [1.82, 2.24) is 0 Å². The average molecular weight is 305 g/mol. The van der Waals surface area contributed by atoms with Crippen LogP contribution in [0.15, 0.2) is 29.2 Å². The largest absolute Gasteiger partial charge is 0.392 e. The molecule has 0 saturated carbocycles. The molecule has 3 heteroatoms. The Morgan fingerprint density at radius 1 is 1.24 bits per heavy atom. The van der Waals surface area contributed by atoms with Gasteiger partial charge < -0.3 is 5.11 Å². The first-order valence-electron chi connectivity index (χ1n) is 7.96. The predicted octanol–water partition coefficient (Wildman–Crippen LogP) is 4.81. The summed E-state index contributed by atoms with van der Waals surface area (Å²) < 4.78 is 0. The van der Waals surface area contributed by atoms with E-state index in [2.05, 4.69) is 26.0 Å². The van der Waals surface area contributed by atoms with Crippen molar-refractivity contribution >= 4 is 11.8 Å². The summed E-state index contributed by atoms with van der Waals surface area (Å²) in [6.45, 7) is 4.51. The standard InChI is InChI=1S/C18H27NOS/c1-3-6-15(7-4-2)14-21-18-9-5-8-16(13-18)12-17(20)10-11-19/h5,8-9,13,15,17,20H,3-4,6-7,10,12,14H2,1-2H3. The molecule has 1 aromatic rings. The molecule has 116 valence electrons. The lowest BCUT2D eigenvalue weighted by atomic mass is 10.0. The summed E-state index contributed by atoms with van der Waals surface area (Å²) in [6.07, 6.45) is 5.34. The molecule has 1 N–H and O–H groups in total. The molecule has 1 unspecified atom stereocenters. The van der Waals surface area contributed by atoms with Crippen molar-refractivity contribution in [2.75, 3.05) is 5.75 Å². The third-order valence-electron chi connectivity index (χ3n) is 3.58. The maximum atomic E-state index is 9.72. The molecule has 0 spiro atoms. The number of rotatable bonds is 10. The highest BCUT2D eigenvalue weighted by molar-refractivity contribution is 7.99.